The number of rotatable bonds is 4. The standard InChI is InChI=1S/C20H20O3/c1-4-15-12-19(21)23-18-11-13(2)10-17(20(15)18)22-14(3)16-8-6-5-7-9-16/h5-12,14H,4H2,1-3H3/t14-/m0/s1. The van der Waals surface area contributed by atoms with Crippen molar-refractivity contribution in [3.63, 3.8) is 0 Å². The number of ether oxygens (including phenoxy) is 1. The second-order valence-electron chi connectivity index (χ2n) is 5.75. The van der Waals surface area contributed by atoms with Gasteiger partial charge in [-0.15, -0.1) is 0 Å². The lowest BCUT2D eigenvalue weighted by molar-refractivity contribution is 0.229. The van der Waals surface area contributed by atoms with Crippen molar-refractivity contribution in [2.75, 3.05) is 0 Å². The van der Waals surface area contributed by atoms with E-state index in [9.17, 15) is 4.79 Å². The summed E-state index contributed by atoms with van der Waals surface area (Å²) >= 11 is 0. The summed E-state index contributed by atoms with van der Waals surface area (Å²) in [4.78, 5) is 11.7. The van der Waals surface area contributed by atoms with Gasteiger partial charge in [-0.3, -0.25) is 0 Å². The lowest BCUT2D eigenvalue weighted by Crippen LogP contribution is -2.06. The lowest BCUT2D eigenvalue weighted by atomic mass is 10.0. The molecular formula is C20H20O3. The topological polar surface area (TPSA) is 39.4 Å². The van der Waals surface area contributed by atoms with Crippen LogP contribution in [-0.4, -0.2) is 0 Å². The summed E-state index contributed by atoms with van der Waals surface area (Å²) in [5, 5.41) is 0.889. The Morgan fingerprint density at radius 2 is 1.87 bits per heavy atom. The quantitative estimate of drug-likeness (QED) is 0.650. The van der Waals surface area contributed by atoms with E-state index in [0.29, 0.717) is 5.58 Å². The molecule has 1 heterocycles. The van der Waals surface area contributed by atoms with E-state index in [2.05, 4.69) is 0 Å². The monoisotopic (exact) mass is 308 g/mol. The maximum atomic E-state index is 11.7. The van der Waals surface area contributed by atoms with Crippen molar-refractivity contribution < 1.29 is 9.15 Å². The first-order chi connectivity index (χ1) is 11.1. The summed E-state index contributed by atoms with van der Waals surface area (Å²) in [6, 6.07) is 15.5. The van der Waals surface area contributed by atoms with E-state index >= 15 is 0 Å². The third-order valence-electron chi connectivity index (χ3n) is 3.99. The van der Waals surface area contributed by atoms with Crippen LogP contribution >= 0.6 is 0 Å². The van der Waals surface area contributed by atoms with Gasteiger partial charge in [0.25, 0.3) is 0 Å². The highest BCUT2D eigenvalue weighted by Crippen LogP contribution is 2.33. The van der Waals surface area contributed by atoms with E-state index in [4.69, 9.17) is 9.15 Å². The van der Waals surface area contributed by atoms with E-state index < -0.39 is 0 Å². The molecule has 0 fully saturated rings. The maximum Gasteiger partial charge on any atom is 0.336 e. The van der Waals surface area contributed by atoms with E-state index in [1.165, 1.54) is 0 Å². The fraction of sp³-hybridized carbons (Fsp3) is 0.250. The number of hydrogen-bond acceptors (Lipinski definition) is 3. The molecule has 118 valence electrons. The third kappa shape index (κ3) is 3.14. The molecule has 0 aliphatic rings. The van der Waals surface area contributed by atoms with Crippen molar-refractivity contribution in [3.8, 4) is 5.75 Å². The highest BCUT2D eigenvalue weighted by atomic mass is 16.5. The molecule has 3 heteroatoms. The highest BCUT2D eigenvalue weighted by Gasteiger charge is 2.14. The number of benzene rings is 2. The van der Waals surface area contributed by atoms with Crippen LogP contribution in [0.2, 0.25) is 0 Å². The fourth-order valence-corrected chi connectivity index (χ4v) is 2.82. The van der Waals surface area contributed by atoms with Gasteiger partial charge >= 0.3 is 5.63 Å². The molecule has 0 aliphatic heterocycles. The van der Waals surface area contributed by atoms with E-state index in [-0.39, 0.29) is 11.7 Å². The van der Waals surface area contributed by atoms with E-state index in [1.807, 2.05) is 63.2 Å². The molecule has 0 spiro atoms. The summed E-state index contributed by atoms with van der Waals surface area (Å²) in [6.07, 6.45) is 0.666. The molecule has 0 aliphatic carbocycles. The van der Waals surface area contributed by atoms with Crippen molar-refractivity contribution in [3.05, 3.63) is 75.6 Å². The van der Waals surface area contributed by atoms with Gasteiger partial charge in [-0.1, -0.05) is 37.3 Å². The molecule has 1 atom stereocenters. The van der Waals surface area contributed by atoms with Crippen LogP contribution in [0.5, 0.6) is 5.75 Å². The first-order valence-corrected chi connectivity index (χ1v) is 7.87. The minimum Gasteiger partial charge on any atom is -0.485 e. The summed E-state index contributed by atoms with van der Waals surface area (Å²) in [7, 11) is 0. The van der Waals surface area contributed by atoms with Gasteiger partial charge in [-0.25, -0.2) is 4.79 Å². The molecule has 23 heavy (non-hydrogen) atoms. The number of fused-ring (bicyclic) bond motifs is 1. The van der Waals surface area contributed by atoms with Crippen molar-refractivity contribution in [2.24, 2.45) is 0 Å². The molecule has 3 rings (SSSR count). The van der Waals surface area contributed by atoms with Crippen molar-refractivity contribution >= 4 is 11.0 Å². The molecule has 3 nitrogen and oxygen atoms in total. The Balaban J connectivity index is 2.11. The van der Waals surface area contributed by atoms with Gasteiger partial charge in [0, 0.05) is 6.07 Å². The minimum atomic E-state index is -0.318. The number of aryl methyl sites for hydroxylation is 2. The molecule has 0 unspecified atom stereocenters. The summed E-state index contributed by atoms with van der Waals surface area (Å²) in [6.45, 7) is 6.02. The second-order valence-corrected chi connectivity index (χ2v) is 5.75. The molecule has 0 N–H and O–H groups in total. The first kappa shape index (κ1) is 15.3. The minimum absolute atomic E-state index is 0.0853. The Labute approximate surface area is 135 Å². The van der Waals surface area contributed by atoms with Gasteiger partial charge in [-0.05, 0) is 49.1 Å². The molecule has 0 amide bonds. The first-order valence-electron chi connectivity index (χ1n) is 7.87. The average molecular weight is 308 g/mol. The van der Waals surface area contributed by atoms with Crippen molar-refractivity contribution in [1.82, 2.24) is 0 Å². The summed E-state index contributed by atoms with van der Waals surface area (Å²) in [5.41, 5.74) is 3.33. The van der Waals surface area contributed by atoms with Crippen LogP contribution in [-0.2, 0) is 6.42 Å². The van der Waals surface area contributed by atoms with E-state index in [0.717, 1.165) is 34.2 Å². The van der Waals surface area contributed by atoms with Gasteiger partial charge in [0.1, 0.15) is 17.4 Å². The van der Waals surface area contributed by atoms with Gasteiger partial charge in [0.15, 0.2) is 0 Å². The zero-order valence-corrected chi connectivity index (χ0v) is 13.6. The summed E-state index contributed by atoms with van der Waals surface area (Å²) < 4.78 is 11.6. The fourth-order valence-electron chi connectivity index (χ4n) is 2.82. The largest absolute Gasteiger partial charge is 0.485 e. The molecule has 3 aromatic rings. The molecule has 0 radical (unpaired) electrons. The molecule has 0 saturated carbocycles. The average Bonchev–Trinajstić information content (AvgIpc) is 2.54. The predicted octanol–water partition coefficient (Wildman–Crippen LogP) is 4.80. The van der Waals surface area contributed by atoms with Gasteiger partial charge < -0.3 is 9.15 Å². The van der Waals surface area contributed by atoms with Crippen LogP contribution in [0.15, 0.2) is 57.7 Å². The predicted molar refractivity (Wildman–Crippen MR) is 92.1 cm³/mol. The Kier molecular flexibility index (Phi) is 4.20. The van der Waals surface area contributed by atoms with Crippen LogP contribution < -0.4 is 10.4 Å². The smallest absolute Gasteiger partial charge is 0.336 e. The maximum absolute atomic E-state index is 11.7. The van der Waals surface area contributed by atoms with Crippen LogP contribution in [0, 0.1) is 6.92 Å². The van der Waals surface area contributed by atoms with Gasteiger partial charge in [0.2, 0.25) is 0 Å². The van der Waals surface area contributed by atoms with Crippen LogP contribution in [0.3, 0.4) is 0 Å². The van der Waals surface area contributed by atoms with Crippen molar-refractivity contribution in [1.29, 1.82) is 0 Å². The Hall–Kier alpha value is -2.55. The van der Waals surface area contributed by atoms with Gasteiger partial charge in [-0.2, -0.15) is 0 Å². The number of hydrogen-bond donors (Lipinski definition) is 0. The summed E-state index contributed by atoms with van der Waals surface area (Å²) in [5.74, 6) is 0.761. The lowest BCUT2D eigenvalue weighted by Gasteiger charge is -2.18. The molecule has 1 aromatic heterocycles. The van der Waals surface area contributed by atoms with Crippen molar-refractivity contribution in [2.45, 2.75) is 33.3 Å². The zero-order valence-electron chi connectivity index (χ0n) is 13.6. The Morgan fingerprint density at radius 1 is 1.13 bits per heavy atom. The Bertz CT molecular complexity index is 879. The second kappa shape index (κ2) is 6.29. The van der Waals surface area contributed by atoms with Crippen LogP contribution in [0.4, 0.5) is 0 Å². The third-order valence-corrected chi connectivity index (χ3v) is 3.99. The molecular weight excluding hydrogens is 288 g/mol. The highest BCUT2D eigenvalue weighted by molar-refractivity contribution is 5.87. The normalized spacial score (nSPS) is 12.3. The van der Waals surface area contributed by atoms with Crippen LogP contribution in [0.25, 0.3) is 11.0 Å². The van der Waals surface area contributed by atoms with Crippen LogP contribution in [0.1, 0.15) is 36.6 Å². The molecule has 2 aromatic carbocycles. The van der Waals surface area contributed by atoms with Gasteiger partial charge in [0.05, 0.1) is 5.39 Å². The Morgan fingerprint density at radius 3 is 2.57 bits per heavy atom. The molecule has 0 saturated heterocycles. The SMILES string of the molecule is CCc1cc(=O)oc2cc(C)cc(O[C@@H](C)c3ccccc3)c12. The molecule has 0 bridgehead atoms. The van der Waals surface area contributed by atoms with E-state index in [1.54, 1.807) is 6.07 Å². The zero-order chi connectivity index (χ0) is 16.4.